The van der Waals surface area contributed by atoms with E-state index in [9.17, 15) is 10.1 Å². The first-order valence-electron chi connectivity index (χ1n) is 5.52. The van der Waals surface area contributed by atoms with Crippen LogP contribution in [0.4, 0.5) is 5.69 Å². The maximum Gasteiger partial charge on any atom is 0.270 e. The van der Waals surface area contributed by atoms with E-state index in [4.69, 9.17) is 0 Å². The summed E-state index contributed by atoms with van der Waals surface area (Å²) in [6, 6.07) is 10.4. The predicted octanol–water partition coefficient (Wildman–Crippen LogP) is 3.51. The topological polar surface area (TPSA) is 60.4 Å². The zero-order valence-corrected chi connectivity index (χ0v) is 11.8. The third-order valence-corrected chi connectivity index (χ3v) is 3.41. The Balaban J connectivity index is 2.13. The molecule has 0 aliphatic carbocycles. The number of hydrogen-bond acceptors (Lipinski definition) is 3. The molecule has 0 atom stereocenters. The number of benzene rings is 1. The molecule has 3 aromatic rings. The van der Waals surface area contributed by atoms with Crippen LogP contribution in [0.2, 0.25) is 0 Å². The van der Waals surface area contributed by atoms with E-state index in [0.717, 1.165) is 20.5 Å². The first-order valence-corrected chi connectivity index (χ1v) is 6.60. The summed E-state index contributed by atoms with van der Waals surface area (Å²) in [6.45, 7) is 0. The fraction of sp³-hybridized carbons (Fsp3) is 0. The SMILES string of the molecule is O=[N+]([O-])c1cccc(-c2cn3cc(I)ccc3n2)c1. The number of imidazole rings is 1. The molecule has 5 nitrogen and oxygen atoms in total. The highest BCUT2D eigenvalue weighted by Gasteiger charge is 2.09. The van der Waals surface area contributed by atoms with Crippen molar-refractivity contribution in [1.29, 1.82) is 0 Å². The van der Waals surface area contributed by atoms with Crippen molar-refractivity contribution >= 4 is 33.9 Å². The lowest BCUT2D eigenvalue weighted by molar-refractivity contribution is -0.384. The molecule has 0 fully saturated rings. The summed E-state index contributed by atoms with van der Waals surface area (Å²) in [5.74, 6) is 0. The quantitative estimate of drug-likeness (QED) is 0.397. The average molecular weight is 365 g/mol. The van der Waals surface area contributed by atoms with Crippen molar-refractivity contribution in [2.45, 2.75) is 0 Å². The summed E-state index contributed by atoms with van der Waals surface area (Å²) in [7, 11) is 0. The molecule has 19 heavy (non-hydrogen) atoms. The molecule has 2 aromatic heterocycles. The van der Waals surface area contributed by atoms with Crippen molar-refractivity contribution in [1.82, 2.24) is 9.38 Å². The van der Waals surface area contributed by atoms with Crippen LogP contribution in [0.1, 0.15) is 0 Å². The Kier molecular flexibility index (Phi) is 2.94. The van der Waals surface area contributed by atoms with Crippen molar-refractivity contribution in [3.05, 3.63) is 62.5 Å². The van der Waals surface area contributed by atoms with E-state index in [-0.39, 0.29) is 5.69 Å². The maximum atomic E-state index is 10.8. The third-order valence-electron chi connectivity index (χ3n) is 2.77. The van der Waals surface area contributed by atoms with E-state index >= 15 is 0 Å². The van der Waals surface area contributed by atoms with Crippen LogP contribution in [-0.4, -0.2) is 14.3 Å². The molecule has 0 spiro atoms. The molecule has 0 bridgehead atoms. The predicted molar refractivity (Wildman–Crippen MR) is 80.0 cm³/mol. The number of non-ortho nitro benzene ring substituents is 1. The lowest BCUT2D eigenvalue weighted by Gasteiger charge is -1.95. The Morgan fingerprint density at radius 3 is 2.84 bits per heavy atom. The van der Waals surface area contributed by atoms with Gasteiger partial charge in [0.15, 0.2) is 0 Å². The summed E-state index contributed by atoms with van der Waals surface area (Å²) in [4.78, 5) is 14.8. The van der Waals surface area contributed by atoms with Gasteiger partial charge in [-0.1, -0.05) is 12.1 Å². The second-order valence-corrected chi connectivity index (χ2v) is 5.29. The lowest BCUT2D eigenvalue weighted by Crippen LogP contribution is -1.87. The molecule has 0 unspecified atom stereocenters. The van der Waals surface area contributed by atoms with Gasteiger partial charge in [0.1, 0.15) is 5.65 Å². The summed E-state index contributed by atoms with van der Waals surface area (Å²) in [5, 5.41) is 10.8. The molecule has 2 heterocycles. The standard InChI is InChI=1S/C13H8IN3O2/c14-10-4-5-13-15-12(8-16(13)7-10)9-2-1-3-11(6-9)17(18)19/h1-8H. The molecule has 0 aliphatic rings. The molecule has 1 aromatic carbocycles. The second kappa shape index (κ2) is 4.61. The Bertz CT molecular complexity index is 782. The number of rotatable bonds is 2. The minimum absolute atomic E-state index is 0.0733. The number of aromatic nitrogens is 2. The van der Waals surface area contributed by atoms with Gasteiger partial charge in [0.05, 0.1) is 10.6 Å². The minimum atomic E-state index is -0.401. The number of halogens is 1. The van der Waals surface area contributed by atoms with Crippen molar-refractivity contribution in [3.63, 3.8) is 0 Å². The summed E-state index contributed by atoms with van der Waals surface area (Å²) in [5.41, 5.74) is 2.37. The normalized spacial score (nSPS) is 10.8. The molecule has 94 valence electrons. The number of hydrogen-bond donors (Lipinski definition) is 0. The van der Waals surface area contributed by atoms with Gasteiger partial charge in [-0.15, -0.1) is 0 Å². The highest BCUT2D eigenvalue weighted by atomic mass is 127. The van der Waals surface area contributed by atoms with Crippen LogP contribution in [-0.2, 0) is 0 Å². The molecular formula is C13H8IN3O2. The van der Waals surface area contributed by atoms with Gasteiger partial charge in [-0.05, 0) is 34.7 Å². The monoisotopic (exact) mass is 365 g/mol. The van der Waals surface area contributed by atoms with E-state index in [1.54, 1.807) is 6.07 Å². The van der Waals surface area contributed by atoms with Gasteiger partial charge in [0, 0.05) is 33.7 Å². The number of nitro benzene ring substituents is 1. The fourth-order valence-corrected chi connectivity index (χ4v) is 2.36. The van der Waals surface area contributed by atoms with E-state index in [1.807, 2.05) is 35.0 Å². The van der Waals surface area contributed by atoms with Crippen molar-refractivity contribution in [2.24, 2.45) is 0 Å². The van der Waals surface area contributed by atoms with E-state index < -0.39 is 4.92 Å². The number of pyridine rings is 1. The third kappa shape index (κ3) is 2.30. The molecule has 0 aliphatic heterocycles. The summed E-state index contributed by atoms with van der Waals surface area (Å²) in [6.07, 6.45) is 3.83. The molecule has 0 saturated carbocycles. The highest BCUT2D eigenvalue weighted by molar-refractivity contribution is 14.1. The first-order chi connectivity index (χ1) is 9.13. The van der Waals surface area contributed by atoms with Crippen LogP contribution >= 0.6 is 22.6 Å². The molecule has 6 heteroatoms. The first kappa shape index (κ1) is 12.1. The van der Waals surface area contributed by atoms with Crippen LogP contribution in [0.25, 0.3) is 16.9 Å². The zero-order chi connectivity index (χ0) is 13.4. The molecule has 0 amide bonds. The van der Waals surface area contributed by atoms with E-state index in [0.29, 0.717) is 0 Å². The Morgan fingerprint density at radius 2 is 2.05 bits per heavy atom. The number of nitrogens with zero attached hydrogens (tertiary/aromatic N) is 3. The lowest BCUT2D eigenvalue weighted by atomic mass is 10.1. The highest BCUT2D eigenvalue weighted by Crippen LogP contribution is 2.23. The van der Waals surface area contributed by atoms with Crippen LogP contribution < -0.4 is 0 Å². The van der Waals surface area contributed by atoms with E-state index in [1.165, 1.54) is 12.1 Å². The van der Waals surface area contributed by atoms with Gasteiger partial charge in [0.2, 0.25) is 0 Å². The largest absolute Gasteiger partial charge is 0.305 e. The smallest absolute Gasteiger partial charge is 0.270 e. The molecular weight excluding hydrogens is 357 g/mol. The van der Waals surface area contributed by atoms with Crippen LogP contribution in [0, 0.1) is 13.7 Å². The molecule has 0 radical (unpaired) electrons. The fourth-order valence-electron chi connectivity index (χ4n) is 1.88. The van der Waals surface area contributed by atoms with Crippen molar-refractivity contribution in [2.75, 3.05) is 0 Å². The number of fused-ring (bicyclic) bond motifs is 1. The van der Waals surface area contributed by atoms with Crippen molar-refractivity contribution in [3.8, 4) is 11.3 Å². The molecule has 3 rings (SSSR count). The van der Waals surface area contributed by atoms with Gasteiger partial charge in [-0.25, -0.2) is 4.98 Å². The van der Waals surface area contributed by atoms with Gasteiger partial charge in [0.25, 0.3) is 5.69 Å². The Morgan fingerprint density at radius 1 is 1.21 bits per heavy atom. The van der Waals surface area contributed by atoms with Gasteiger partial charge in [-0.2, -0.15) is 0 Å². The summed E-state index contributed by atoms with van der Waals surface area (Å²) < 4.78 is 3.02. The Hall–Kier alpha value is -1.96. The maximum absolute atomic E-state index is 10.8. The van der Waals surface area contributed by atoms with E-state index in [2.05, 4.69) is 27.6 Å². The second-order valence-electron chi connectivity index (χ2n) is 4.05. The van der Waals surface area contributed by atoms with Crippen LogP contribution in [0.5, 0.6) is 0 Å². The van der Waals surface area contributed by atoms with Gasteiger partial charge >= 0.3 is 0 Å². The molecule has 0 N–H and O–H groups in total. The zero-order valence-electron chi connectivity index (χ0n) is 9.65. The van der Waals surface area contributed by atoms with Gasteiger partial charge in [-0.3, -0.25) is 10.1 Å². The summed E-state index contributed by atoms with van der Waals surface area (Å²) >= 11 is 2.23. The van der Waals surface area contributed by atoms with Crippen LogP contribution in [0.15, 0.2) is 48.8 Å². The van der Waals surface area contributed by atoms with Crippen LogP contribution in [0.3, 0.4) is 0 Å². The van der Waals surface area contributed by atoms with Gasteiger partial charge < -0.3 is 4.40 Å². The number of nitro groups is 1. The average Bonchev–Trinajstić information content (AvgIpc) is 2.81. The minimum Gasteiger partial charge on any atom is -0.305 e. The molecule has 0 saturated heterocycles. The Labute approximate surface area is 122 Å². The van der Waals surface area contributed by atoms with Crippen molar-refractivity contribution < 1.29 is 4.92 Å².